The summed E-state index contributed by atoms with van der Waals surface area (Å²) in [4.78, 5) is 12.2. The number of esters is 1. The van der Waals surface area contributed by atoms with E-state index in [0.717, 1.165) is 22.3 Å². The molecule has 0 aliphatic heterocycles. The molecule has 2 nitrogen and oxygen atoms in total. The topological polar surface area (TPSA) is 26.3 Å². The Morgan fingerprint density at radius 3 is 2.24 bits per heavy atom. The van der Waals surface area contributed by atoms with Crippen molar-refractivity contribution in [2.24, 2.45) is 0 Å². The van der Waals surface area contributed by atoms with Crippen molar-refractivity contribution in [2.75, 3.05) is 0 Å². The third-order valence-corrected chi connectivity index (χ3v) is 3.57. The van der Waals surface area contributed by atoms with Crippen LogP contribution in [-0.4, -0.2) is 29.9 Å². The van der Waals surface area contributed by atoms with Crippen LogP contribution in [0, 0.1) is 20.8 Å². The monoisotopic (exact) mass is 408 g/mol. The average molecular weight is 407 g/mol. The van der Waals surface area contributed by atoms with Gasteiger partial charge in [0.05, 0.1) is 5.56 Å². The zero-order valence-corrected chi connectivity index (χ0v) is 16.0. The van der Waals surface area contributed by atoms with Gasteiger partial charge in [-0.15, -0.1) is 0 Å². The predicted molar refractivity (Wildman–Crippen MR) is 87.0 cm³/mol. The van der Waals surface area contributed by atoms with Crippen molar-refractivity contribution in [2.45, 2.75) is 27.4 Å². The van der Waals surface area contributed by atoms with Crippen LogP contribution in [0.1, 0.15) is 32.6 Å². The van der Waals surface area contributed by atoms with Gasteiger partial charge < -0.3 is 4.74 Å². The van der Waals surface area contributed by atoms with E-state index in [9.17, 15) is 4.79 Å². The van der Waals surface area contributed by atoms with Gasteiger partial charge in [0.25, 0.3) is 0 Å². The summed E-state index contributed by atoms with van der Waals surface area (Å²) in [6.07, 6.45) is 0. The summed E-state index contributed by atoms with van der Waals surface area (Å²) in [7, 11) is 0. The second-order valence-corrected chi connectivity index (χ2v) is 5.35. The van der Waals surface area contributed by atoms with Crippen LogP contribution in [0.2, 0.25) is 5.02 Å². The maximum absolute atomic E-state index is 12.2. The Morgan fingerprint density at radius 2 is 1.67 bits per heavy atom. The minimum absolute atomic E-state index is 0. The number of carbonyl (C=O) groups is 1. The molecule has 0 unspecified atom stereocenters. The normalized spacial score (nSPS) is 9.90. The molecule has 0 aliphatic rings. The van der Waals surface area contributed by atoms with Crippen LogP contribution in [0.3, 0.4) is 0 Å². The van der Waals surface area contributed by atoms with E-state index in [0.29, 0.717) is 10.6 Å². The van der Waals surface area contributed by atoms with Crippen LogP contribution in [0.4, 0.5) is 0 Å². The number of hydrogen-bond acceptors (Lipinski definition) is 2. The molecule has 2 aromatic rings. The predicted octanol–water partition coefficient (Wildman–Crippen LogP) is 4.24. The molecule has 0 heterocycles. The molecule has 0 bridgehead atoms. The van der Waals surface area contributed by atoms with E-state index < -0.39 is 0 Å². The molecule has 0 amide bonds. The maximum atomic E-state index is 12.2. The Bertz CT molecular complexity index is 630. The van der Waals surface area contributed by atoms with Crippen molar-refractivity contribution in [1.82, 2.24) is 0 Å². The molecule has 0 atom stereocenters. The molecular formula is C17H17ClO2Sn. The molecule has 0 saturated carbocycles. The van der Waals surface area contributed by atoms with Crippen molar-refractivity contribution in [3.05, 3.63) is 69.2 Å². The fraction of sp³-hybridized carbons (Fsp3) is 0.235. The van der Waals surface area contributed by atoms with Gasteiger partial charge in [-0.25, -0.2) is 4.79 Å². The van der Waals surface area contributed by atoms with Crippen LogP contribution in [-0.2, 0) is 11.3 Å². The van der Waals surface area contributed by atoms with E-state index in [4.69, 9.17) is 16.3 Å². The number of hydrogen-bond donors (Lipinski definition) is 0. The van der Waals surface area contributed by atoms with Gasteiger partial charge in [-0.1, -0.05) is 47.5 Å². The summed E-state index contributed by atoms with van der Waals surface area (Å²) in [6.45, 7) is 6.04. The Hall–Kier alpha value is -1.00. The molecule has 4 radical (unpaired) electrons. The third-order valence-electron chi connectivity index (χ3n) is 3.20. The summed E-state index contributed by atoms with van der Waals surface area (Å²) in [5, 5.41) is 0.609. The smallest absolute Gasteiger partial charge is 0.339 e. The molecular weight excluding hydrogens is 390 g/mol. The average Bonchev–Trinajstić information content (AvgIpc) is 2.36. The van der Waals surface area contributed by atoms with E-state index >= 15 is 0 Å². The molecule has 0 aromatic heterocycles. The van der Waals surface area contributed by atoms with Crippen LogP contribution in [0.15, 0.2) is 36.4 Å². The Balaban J connectivity index is 0.00000220. The van der Waals surface area contributed by atoms with Crippen LogP contribution in [0.5, 0.6) is 0 Å². The van der Waals surface area contributed by atoms with Gasteiger partial charge in [-0.2, -0.15) is 0 Å². The first kappa shape index (κ1) is 18.0. The van der Waals surface area contributed by atoms with E-state index in [1.165, 1.54) is 0 Å². The summed E-state index contributed by atoms with van der Waals surface area (Å²) < 4.78 is 5.37. The van der Waals surface area contributed by atoms with E-state index in [1.54, 1.807) is 6.07 Å². The molecule has 21 heavy (non-hydrogen) atoms. The minimum Gasteiger partial charge on any atom is -0.457 e. The summed E-state index contributed by atoms with van der Waals surface area (Å²) in [6, 6.07) is 11.3. The van der Waals surface area contributed by atoms with Gasteiger partial charge in [0.15, 0.2) is 0 Å². The van der Waals surface area contributed by atoms with Crippen LogP contribution in [0.25, 0.3) is 0 Å². The van der Waals surface area contributed by atoms with Crippen molar-refractivity contribution in [3.63, 3.8) is 0 Å². The van der Waals surface area contributed by atoms with Crippen molar-refractivity contribution in [3.8, 4) is 0 Å². The molecule has 2 rings (SSSR count). The Labute approximate surface area is 147 Å². The van der Waals surface area contributed by atoms with Crippen molar-refractivity contribution >= 4 is 41.5 Å². The van der Waals surface area contributed by atoms with Crippen LogP contribution < -0.4 is 0 Å². The largest absolute Gasteiger partial charge is 0.457 e. The molecule has 0 fully saturated rings. The first-order valence-electron chi connectivity index (χ1n) is 6.47. The van der Waals surface area contributed by atoms with E-state index in [-0.39, 0.29) is 36.5 Å². The van der Waals surface area contributed by atoms with Crippen LogP contribution >= 0.6 is 11.6 Å². The van der Waals surface area contributed by atoms with Gasteiger partial charge >= 0.3 is 5.97 Å². The number of halogens is 1. The van der Waals surface area contributed by atoms with Gasteiger partial charge in [0.2, 0.25) is 0 Å². The molecule has 2 aromatic carbocycles. The standard InChI is InChI=1S/C17H17ClO2.Sn/c1-11-8-12(2)16(13(3)9-11)17(19)20-10-14-6-4-5-7-15(14)18;/h4-9H,10H2,1-3H3;. The van der Waals surface area contributed by atoms with E-state index in [2.05, 4.69) is 0 Å². The summed E-state index contributed by atoms with van der Waals surface area (Å²) in [5.41, 5.74) is 4.47. The van der Waals surface area contributed by atoms with Crippen molar-refractivity contribution in [1.29, 1.82) is 0 Å². The quantitative estimate of drug-likeness (QED) is 0.562. The molecule has 0 aliphatic carbocycles. The van der Waals surface area contributed by atoms with Gasteiger partial charge in [-0.05, 0) is 38.0 Å². The second kappa shape index (κ2) is 7.85. The van der Waals surface area contributed by atoms with Gasteiger partial charge in [0, 0.05) is 34.5 Å². The van der Waals surface area contributed by atoms with Crippen molar-refractivity contribution < 1.29 is 9.53 Å². The number of rotatable bonds is 3. The number of aryl methyl sites for hydroxylation is 3. The third kappa shape index (κ3) is 4.48. The maximum Gasteiger partial charge on any atom is 0.339 e. The first-order valence-corrected chi connectivity index (χ1v) is 6.85. The number of benzene rings is 2. The first-order chi connectivity index (χ1) is 9.49. The molecule has 0 N–H and O–H groups in total. The zero-order chi connectivity index (χ0) is 14.7. The number of ether oxygens (including phenoxy) is 1. The van der Waals surface area contributed by atoms with Gasteiger partial charge in [-0.3, -0.25) is 0 Å². The molecule has 4 heteroatoms. The van der Waals surface area contributed by atoms with Gasteiger partial charge in [0.1, 0.15) is 6.61 Å². The molecule has 0 saturated heterocycles. The fourth-order valence-corrected chi connectivity index (χ4v) is 2.52. The minimum atomic E-state index is -0.306. The number of carbonyl (C=O) groups excluding carboxylic acids is 1. The Kier molecular flexibility index (Phi) is 6.75. The zero-order valence-electron chi connectivity index (χ0n) is 12.4. The second-order valence-electron chi connectivity index (χ2n) is 4.94. The fourth-order valence-electron chi connectivity index (χ4n) is 2.33. The molecule has 108 valence electrons. The SMILES string of the molecule is Cc1cc(C)c(C(=O)OCc2ccccc2Cl)c(C)c1.[Sn]. The molecule has 0 spiro atoms. The Morgan fingerprint density at radius 1 is 1.10 bits per heavy atom. The van der Waals surface area contributed by atoms with E-state index in [1.807, 2.05) is 51.1 Å². The summed E-state index contributed by atoms with van der Waals surface area (Å²) in [5.74, 6) is -0.306. The summed E-state index contributed by atoms with van der Waals surface area (Å²) >= 11 is 6.05.